The molecule has 0 aromatic heterocycles. The van der Waals surface area contributed by atoms with Gasteiger partial charge in [0.25, 0.3) is 11.8 Å². The Hall–Kier alpha value is -3.96. The molecule has 3 rings (SSSR count). The van der Waals surface area contributed by atoms with Gasteiger partial charge in [-0.05, 0) is 42.8 Å². The highest BCUT2D eigenvalue weighted by Crippen LogP contribution is 2.13. The van der Waals surface area contributed by atoms with Gasteiger partial charge in [0.1, 0.15) is 6.04 Å². The molecule has 0 saturated carbocycles. The number of piperidine rings is 1. The van der Waals surface area contributed by atoms with E-state index in [4.69, 9.17) is 5.21 Å². The van der Waals surface area contributed by atoms with Crippen molar-refractivity contribution in [2.45, 2.75) is 32.7 Å². The van der Waals surface area contributed by atoms with E-state index >= 15 is 0 Å². The van der Waals surface area contributed by atoms with Crippen LogP contribution in [0.1, 0.15) is 48.2 Å². The molecular weight excluding hydrogens is 410 g/mol. The second-order valence-corrected chi connectivity index (χ2v) is 6.95. The Morgan fingerprint density at radius 2 is 1.50 bits per heavy atom. The SMILES string of the molecule is C.O=C(N[C@@H](CN1C(=O)CCCC1=O)C(=O)NO)c1ccc(C#Cc2ccccc2)cc1. The van der Waals surface area contributed by atoms with E-state index in [2.05, 4.69) is 17.2 Å². The molecule has 0 spiro atoms. The lowest BCUT2D eigenvalue weighted by atomic mass is 10.1. The van der Waals surface area contributed by atoms with Crippen LogP contribution in [0, 0.1) is 11.8 Å². The Bertz CT molecular complexity index is 1020. The summed E-state index contributed by atoms with van der Waals surface area (Å²) in [6.07, 6.45) is 0.841. The number of benzene rings is 2. The number of nitrogens with zero attached hydrogens (tertiary/aromatic N) is 1. The maximum atomic E-state index is 12.6. The molecule has 3 N–H and O–H groups in total. The maximum absolute atomic E-state index is 12.6. The first-order valence-electron chi connectivity index (χ1n) is 9.73. The first kappa shape index (κ1) is 24.3. The largest absolute Gasteiger partial charge is 0.338 e. The van der Waals surface area contributed by atoms with Crippen LogP contribution in [0.4, 0.5) is 0 Å². The summed E-state index contributed by atoms with van der Waals surface area (Å²) in [5.74, 6) is 3.67. The average molecular weight is 435 g/mol. The van der Waals surface area contributed by atoms with Gasteiger partial charge >= 0.3 is 0 Å². The Balaban J connectivity index is 0.00000363. The highest BCUT2D eigenvalue weighted by atomic mass is 16.5. The van der Waals surface area contributed by atoms with Crippen molar-refractivity contribution in [3.8, 4) is 11.8 Å². The number of hydroxylamine groups is 1. The summed E-state index contributed by atoms with van der Waals surface area (Å²) in [7, 11) is 0. The van der Waals surface area contributed by atoms with Gasteiger partial charge in [0.2, 0.25) is 11.8 Å². The molecule has 0 aliphatic carbocycles. The predicted octanol–water partition coefficient (Wildman–Crippen LogP) is 1.87. The minimum Gasteiger partial charge on any atom is -0.338 e. The zero-order valence-corrected chi connectivity index (χ0v) is 16.6. The quantitative estimate of drug-likeness (QED) is 0.287. The van der Waals surface area contributed by atoms with Crippen molar-refractivity contribution in [1.82, 2.24) is 15.7 Å². The van der Waals surface area contributed by atoms with Crippen LogP contribution in [0.15, 0.2) is 54.6 Å². The molecule has 0 unspecified atom stereocenters. The Morgan fingerprint density at radius 3 is 2.06 bits per heavy atom. The van der Waals surface area contributed by atoms with Gasteiger partial charge in [0.15, 0.2) is 0 Å². The average Bonchev–Trinajstić information content (AvgIpc) is 2.79. The second kappa shape index (κ2) is 11.4. The van der Waals surface area contributed by atoms with E-state index in [0.29, 0.717) is 12.0 Å². The molecule has 8 nitrogen and oxygen atoms in total. The lowest BCUT2D eigenvalue weighted by Crippen LogP contribution is -2.55. The molecule has 8 heteroatoms. The number of hydrogen-bond donors (Lipinski definition) is 3. The highest BCUT2D eigenvalue weighted by Gasteiger charge is 2.32. The van der Waals surface area contributed by atoms with Crippen molar-refractivity contribution in [2.24, 2.45) is 0 Å². The van der Waals surface area contributed by atoms with Gasteiger partial charge in [0, 0.05) is 29.5 Å². The molecule has 0 radical (unpaired) electrons. The molecule has 1 aliphatic rings. The summed E-state index contributed by atoms with van der Waals surface area (Å²) >= 11 is 0. The van der Waals surface area contributed by atoms with Gasteiger partial charge in [-0.15, -0.1) is 0 Å². The van der Waals surface area contributed by atoms with Crippen LogP contribution in [0.2, 0.25) is 0 Å². The van der Waals surface area contributed by atoms with Crippen LogP contribution in [0.5, 0.6) is 0 Å². The number of carbonyl (C=O) groups excluding carboxylic acids is 4. The number of amides is 4. The van der Waals surface area contributed by atoms with E-state index in [1.807, 2.05) is 30.3 Å². The van der Waals surface area contributed by atoms with Crippen LogP contribution >= 0.6 is 0 Å². The number of likely N-dealkylation sites (tertiary alicyclic amines) is 1. The molecule has 1 fully saturated rings. The molecule has 4 amide bonds. The van der Waals surface area contributed by atoms with E-state index in [0.717, 1.165) is 10.5 Å². The van der Waals surface area contributed by atoms with Crippen molar-refractivity contribution < 1.29 is 24.4 Å². The highest BCUT2D eigenvalue weighted by molar-refractivity contribution is 6.00. The van der Waals surface area contributed by atoms with Crippen molar-refractivity contribution in [1.29, 1.82) is 0 Å². The van der Waals surface area contributed by atoms with Crippen molar-refractivity contribution in [2.75, 3.05) is 6.54 Å². The van der Waals surface area contributed by atoms with Gasteiger partial charge in [0.05, 0.1) is 6.54 Å². The number of hydrogen-bond acceptors (Lipinski definition) is 5. The van der Waals surface area contributed by atoms with Gasteiger partial charge in [-0.2, -0.15) is 0 Å². The normalized spacial score (nSPS) is 13.8. The maximum Gasteiger partial charge on any atom is 0.267 e. The van der Waals surface area contributed by atoms with Gasteiger partial charge in [-0.1, -0.05) is 37.5 Å². The van der Waals surface area contributed by atoms with Crippen molar-refractivity contribution in [3.63, 3.8) is 0 Å². The van der Waals surface area contributed by atoms with Crippen LogP contribution in [0.3, 0.4) is 0 Å². The summed E-state index contributed by atoms with van der Waals surface area (Å²) in [5, 5.41) is 11.4. The van der Waals surface area contributed by atoms with Crippen LogP contribution < -0.4 is 10.8 Å². The summed E-state index contributed by atoms with van der Waals surface area (Å²) in [5.41, 5.74) is 3.29. The molecule has 166 valence electrons. The topological polar surface area (TPSA) is 116 Å². The first-order chi connectivity index (χ1) is 15.0. The zero-order chi connectivity index (χ0) is 22.2. The van der Waals surface area contributed by atoms with E-state index in [1.54, 1.807) is 24.3 Å². The van der Waals surface area contributed by atoms with E-state index in [1.165, 1.54) is 5.48 Å². The third-order valence-electron chi connectivity index (χ3n) is 4.75. The van der Waals surface area contributed by atoms with Crippen LogP contribution in [0.25, 0.3) is 0 Å². The minimum atomic E-state index is -1.29. The third kappa shape index (κ3) is 6.27. The molecule has 2 aromatic rings. The molecule has 1 saturated heterocycles. The predicted molar refractivity (Wildman–Crippen MR) is 117 cm³/mol. The lowest BCUT2D eigenvalue weighted by molar-refractivity contribution is -0.149. The standard InChI is InChI=1S/C23H21N3O5.CH4/c27-20-7-4-8-21(28)26(20)15-19(23(30)25-31)24-22(29)18-13-11-17(12-14-18)10-9-16-5-2-1-3-6-16;/h1-3,5-6,11-14,19,31H,4,7-8,15H2,(H,24,29)(H,25,30);1H4/t19-;/m0./s1. The fraction of sp³-hybridized carbons (Fsp3) is 0.250. The number of rotatable bonds is 5. The fourth-order valence-corrected chi connectivity index (χ4v) is 3.07. The zero-order valence-electron chi connectivity index (χ0n) is 16.6. The number of carbonyl (C=O) groups is 4. The van der Waals surface area contributed by atoms with Crippen LogP contribution in [-0.2, 0) is 14.4 Å². The van der Waals surface area contributed by atoms with Gasteiger partial charge < -0.3 is 5.32 Å². The second-order valence-electron chi connectivity index (χ2n) is 6.95. The van der Waals surface area contributed by atoms with Gasteiger partial charge in [-0.25, -0.2) is 5.48 Å². The Kier molecular flexibility index (Phi) is 8.69. The van der Waals surface area contributed by atoms with E-state index < -0.39 is 29.7 Å². The summed E-state index contributed by atoms with van der Waals surface area (Å²) in [6, 6.07) is 14.6. The van der Waals surface area contributed by atoms with Gasteiger partial charge in [-0.3, -0.25) is 29.3 Å². The molecular formula is C24H25N3O5. The molecule has 1 atom stereocenters. The van der Waals surface area contributed by atoms with E-state index in [9.17, 15) is 19.2 Å². The monoisotopic (exact) mass is 435 g/mol. The van der Waals surface area contributed by atoms with E-state index in [-0.39, 0.29) is 32.4 Å². The molecule has 2 aromatic carbocycles. The molecule has 1 heterocycles. The molecule has 1 aliphatic heterocycles. The number of nitrogens with one attached hydrogen (secondary N) is 2. The first-order valence-corrected chi connectivity index (χ1v) is 9.73. The summed E-state index contributed by atoms with van der Waals surface area (Å²) in [4.78, 5) is 49.5. The van der Waals surface area contributed by atoms with Crippen molar-refractivity contribution >= 4 is 23.6 Å². The Morgan fingerprint density at radius 1 is 0.938 bits per heavy atom. The molecule has 0 bridgehead atoms. The minimum absolute atomic E-state index is 0. The van der Waals surface area contributed by atoms with Crippen molar-refractivity contribution in [3.05, 3.63) is 71.3 Å². The molecule has 32 heavy (non-hydrogen) atoms. The number of imide groups is 1. The fourth-order valence-electron chi connectivity index (χ4n) is 3.07. The smallest absolute Gasteiger partial charge is 0.267 e. The Labute approximate surface area is 186 Å². The van der Waals surface area contributed by atoms with Crippen LogP contribution in [-0.4, -0.2) is 46.3 Å². The lowest BCUT2D eigenvalue weighted by Gasteiger charge is -2.28. The summed E-state index contributed by atoms with van der Waals surface area (Å²) in [6.45, 7) is -0.351. The third-order valence-corrected chi connectivity index (χ3v) is 4.75. The summed E-state index contributed by atoms with van der Waals surface area (Å²) < 4.78 is 0.